The van der Waals surface area contributed by atoms with Crippen molar-refractivity contribution in [3.05, 3.63) is 78.1 Å². The Kier molecular flexibility index (Phi) is 6.28. The fourth-order valence-corrected chi connectivity index (χ4v) is 4.54. The van der Waals surface area contributed by atoms with Crippen molar-refractivity contribution in [3.63, 3.8) is 0 Å². The van der Waals surface area contributed by atoms with Gasteiger partial charge in [-0.05, 0) is 36.3 Å². The van der Waals surface area contributed by atoms with Gasteiger partial charge in [0.25, 0.3) is 5.91 Å². The normalized spacial score (nSPS) is 26.2. The zero-order valence-electron chi connectivity index (χ0n) is 20.9. The number of benzene rings is 1. The Balaban J connectivity index is 1.43. The van der Waals surface area contributed by atoms with Gasteiger partial charge in [-0.3, -0.25) is 9.79 Å². The molecule has 2 unspecified atom stereocenters. The summed E-state index contributed by atoms with van der Waals surface area (Å²) in [6.45, 7) is 11.0. The van der Waals surface area contributed by atoms with Crippen LogP contribution in [0.25, 0.3) is 0 Å². The second kappa shape index (κ2) is 9.34. The van der Waals surface area contributed by atoms with Crippen LogP contribution in [-0.4, -0.2) is 36.1 Å². The molecule has 1 saturated carbocycles. The first-order valence-corrected chi connectivity index (χ1v) is 12.1. The molecule has 0 saturated heterocycles. The van der Waals surface area contributed by atoms with Gasteiger partial charge in [-0.25, -0.2) is 13.8 Å². The minimum Gasteiger partial charge on any atom is -0.476 e. The van der Waals surface area contributed by atoms with Gasteiger partial charge in [0.15, 0.2) is 17.4 Å². The highest BCUT2D eigenvalue weighted by molar-refractivity contribution is 6.23. The second-order valence-corrected chi connectivity index (χ2v) is 9.59. The Morgan fingerprint density at radius 3 is 2.66 bits per heavy atom. The van der Waals surface area contributed by atoms with E-state index in [0.29, 0.717) is 22.4 Å². The van der Waals surface area contributed by atoms with Crippen molar-refractivity contribution in [1.82, 2.24) is 0 Å². The van der Waals surface area contributed by atoms with Crippen LogP contribution in [0.4, 0.5) is 18.9 Å². The molecule has 1 aromatic rings. The Labute approximate surface area is 217 Å². The molecule has 1 N–H and O–H groups in total. The number of carbonyl (C=O) groups is 1. The smallest absolute Gasteiger partial charge is 0.404 e. The van der Waals surface area contributed by atoms with Crippen molar-refractivity contribution in [2.24, 2.45) is 15.9 Å². The predicted octanol–water partition coefficient (Wildman–Crippen LogP) is 6.14. The maximum absolute atomic E-state index is 14.7. The Morgan fingerprint density at radius 2 is 1.95 bits per heavy atom. The van der Waals surface area contributed by atoms with Crippen molar-refractivity contribution >= 4 is 23.2 Å². The number of carbonyl (C=O) groups excluding carboxylic acids is 1. The average Bonchev–Trinajstić information content (AvgIpc) is 3.36. The van der Waals surface area contributed by atoms with E-state index in [4.69, 9.17) is 14.2 Å². The van der Waals surface area contributed by atoms with E-state index in [-0.39, 0.29) is 48.1 Å². The van der Waals surface area contributed by atoms with Gasteiger partial charge in [-0.1, -0.05) is 31.4 Å². The lowest BCUT2D eigenvalue weighted by atomic mass is 9.80. The highest BCUT2D eigenvalue weighted by atomic mass is 19.3. The number of hydrogen-bond acceptors (Lipinski definition) is 6. The molecule has 1 aromatic carbocycles. The van der Waals surface area contributed by atoms with Crippen LogP contribution < -0.4 is 14.8 Å². The van der Waals surface area contributed by atoms with Gasteiger partial charge in [0.1, 0.15) is 12.6 Å². The van der Waals surface area contributed by atoms with E-state index in [1.54, 1.807) is 18.2 Å². The van der Waals surface area contributed by atoms with Gasteiger partial charge in [0, 0.05) is 37.5 Å². The number of hydrogen-bond donors (Lipinski definition) is 1. The lowest BCUT2D eigenvalue weighted by molar-refractivity contribution is -0.173. The number of nitrogens with one attached hydrogen (secondary N) is 1. The van der Waals surface area contributed by atoms with Gasteiger partial charge in [0.2, 0.25) is 5.92 Å². The molecule has 4 aliphatic rings. The molecule has 3 aliphatic heterocycles. The third-order valence-electron chi connectivity index (χ3n) is 6.47. The summed E-state index contributed by atoms with van der Waals surface area (Å²) < 4.78 is 57.8. The quantitative estimate of drug-likeness (QED) is 0.358. The molecule has 3 heterocycles. The Hall–Kier alpha value is -4.08. The predicted molar refractivity (Wildman–Crippen MR) is 137 cm³/mol. The first-order valence-electron chi connectivity index (χ1n) is 12.1. The molecule has 2 atom stereocenters. The molecule has 0 spiro atoms. The Bertz CT molecular complexity index is 1380. The summed E-state index contributed by atoms with van der Waals surface area (Å²) in [6, 6.07) is -0.0145. The zero-order valence-corrected chi connectivity index (χ0v) is 20.9. The number of fused-ring (bicyclic) bond motifs is 1. The van der Waals surface area contributed by atoms with Crippen molar-refractivity contribution < 1.29 is 32.2 Å². The van der Waals surface area contributed by atoms with E-state index >= 15 is 0 Å². The molecule has 1 fully saturated rings. The maximum Gasteiger partial charge on any atom is 0.404 e. The van der Waals surface area contributed by atoms with Crippen molar-refractivity contribution in [2.75, 3.05) is 11.9 Å². The summed E-state index contributed by atoms with van der Waals surface area (Å²) in [5.41, 5.74) is 2.40. The molecule has 0 aromatic heterocycles. The van der Waals surface area contributed by atoms with Crippen LogP contribution in [0, 0.1) is 5.92 Å². The lowest BCUT2D eigenvalue weighted by Crippen LogP contribution is -2.42. The number of allylic oxidation sites excluding steroid dienone is 4. The molecular weight excluding hydrogens is 499 g/mol. The summed E-state index contributed by atoms with van der Waals surface area (Å²) in [7, 11) is 0. The Morgan fingerprint density at radius 1 is 1.18 bits per heavy atom. The van der Waals surface area contributed by atoms with Crippen LogP contribution in [0.1, 0.15) is 38.3 Å². The maximum atomic E-state index is 14.7. The zero-order chi connectivity index (χ0) is 27.2. The summed E-state index contributed by atoms with van der Waals surface area (Å²) in [5, 5.41) is 2.74. The van der Waals surface area contributed by atoms with Gasteiger partial charge in [-0.2, -0.15) is 4.39 Å². The molecule has 38 heavy (non-hydrogen) atoms. The van der Waals surface area contributed by atoms with Crippen LogP contribution in [0.15, 0.2) is 82.5 Å². The van der Waals surface area contributed by atoms with E-state index in [0.717, 1.165) is 6.92 Å². The molecule has 198 valence electrons. The molecule has 7 nitrogen and oxygen atoms in total. The van der Waals surface area contributed by atoms with E-state index in [1.807, 2.05) is 19.1 Å². The van der Waals surface area contributed by atoms with E-state index in [2.05, 4.69) is 28.5 Å². The van der Waals surface area contributed by atoms with Crippen LogP contribution in [0.2, 0.25) is 0 Å². The van der Waals surface area contributed by atoms with Crippen LogP contribution >= 0.6 is 0 Å². The minimum atomic E-state index is -2.73. The third kappa shape index (κ3) is 4.90. The summed E-state index contributed by atoms with van der Waals surface area (Å²) in [5.74, 6) is -3.46. The minimum absolute atomic E-state index is 0.00550. The highest BCUT2D eigenvalue weighted by Crippen LogP contribution is 2.49. The van der Waals surface area contributed by atoms with E-state index in [1.165, 1.54) is 12.3 Å². The van der Waals surface area contributed by atoms with E-state index < -0.39 is 29.8 Å². The number of nitrogens with zero attached hydrogens (tertiary/aromatic N) is 2. The molecular formula is C28H26F3N3O4. The monoisotopic (exact) mass is 525 g/mol. The summed E-state index contributed by atoms with van der Waals surface area (Å²) in [4.78, 5) is 22.0. The fourth-order valence-electron chi connectivity index (χ4n) is 4.54. The van der Waals surface area contributed by atoms with Gasteiger partial charge >= 0.3 is 6.04 Å². The summed E-state index contributed by atoms with van der Waals surface area (Å²) >= 11 is 0. The SMILES string of the molecule is C=C1C(C(=O)Nc2cc(C3N=C(C4CC(F)(F)C4)OCC3=C)cc3c2OC(C)(F)O3)=CN=C1/C=C\C=C/C. The van der Waals surface area contributed by atoms with Crippen LogP contribution in [0.5, 0.6) is 11.5 Å². The summed E-state index contributed by atoms with van der Waals surface area (Å²) in [6.07, 6.45) is 7.92. The molecule has 1 amide bonds. The van der Waals surface area contributed by atoms with E-state index in [9.17, 15) is 18.0 Å². The topological polar surface area (TPSA) is 81.5 Å². The van der Waals surface area contributed by atoms with Crippen molar-refractivity contribution in [2.45, 2.75) is 44.7 Å². The number of anilines is 1. The fraction of sp³-hybridized carbons (Fsp3) is 0.321. The average molecular weight is 526 g/mol. The molecule has 0 radical (unpaired) electrons. The number of alkyl halides is 3. The van der Waals surface area contributed by atoms with Crippen LogP contribution in [-0.2, 0) is 9.53 Å². The number of aliphatic imine (C=N–C) groups is 2. The highest BCUT2D eigenvalue weighted by Gasteiger charge is 2.49. The number of rotatable bonds is 6. The third-order valence-corrected chi connectivity index (χ3v) is 6.47. The molecule has 1 aliphatic carbocycles. The first kappa shape index (κ1) is 25.6. The van der Waals surface area contributed by atoms with Crippen molar-refractivity contribution in [1.29, 1.82) is 0 Å². The number of halogens is 3. The molecule has 0 bridgehead atoms. The first-order chi connectivity index (χ1) is 18.0. The molecule has 5 rings (SSSR count). The van der Waals surface area contributed by atoms with Gasteiger partial charge in [-0.15, -0.1) is 0 Å². The number of ether oxygens (including phenoxy) is 3. The largest absolute Gasteiger partial charge is 0.476 e. The van der Waals surface area contributed by atoms with Gasteiger partial charge in [0.05, 0.1) is 17.0 Å². The van der Waals surface area contributed by atoms with Crippen LogP contribution in [0.3, 0.4) is 0 Å². The van der Waals surface area contributed by atoms with Crippen molar-refractivity contribution in [3.8, 4) is 11.5 Å². The standard InChI is InChI=1S/C28H26F3N3O4/c1-5-6-7-8-20-16(3)19(13-32-20)25(35)33-21-9-17(10-22-24(21)38-27(4,29)37-22)23-15(2)14-36-26(34-23)18-11-28(30,31)12-18/h5-10,13,18,23H,2-3,11-12,14H2,1,4H3,(H,33,35)/b6-5-,8-7-. The second-order valence-electron chi connectivity index (χ2n) is 9.59. The number of amides is 1. The van der Waals surface area contributed by atoms with Gasteiger partial charge < -0.3 is 19.5 Å². The lowest BCUT2D eigenvalue weighted by Gasteiger charge is -2.37. The molecule has 10 heteroatoms.